The summed E-state index contributed by atoms with van der Waals surface area (Å²) in [6.07, 6.45) is 4.02. The minimum Gasteiger partial charge on any atom is -0.497 e. The van der Waals surface area contributed by atoms with E-state index < -0.39 is 0 Å². The molecule has 7 heteroatoms. The molecule has 136 valence electrons. The van der Waals surface area contributed by atoms with Crippen LogP contribution in [0.5, 0.6) is 5.75 Å². The maximum absolute atomic E-state index is 12.9. The van der Waals surface area contributed by atoms with Gasteiger partial charge in [-0.2, -0.15) is 4.37 Å². The minimum absolute atomic E-state index is 0.00946. The predicted molar refractivity (Wildman–Crippen MR) is 104 cm³/mol. The Hall–Kier alpha value is -2.25. The molecule has 0 aliphatic carbocycles. The first-order valence-corrected chi connectivity index (χ1v) is 9.72. The lowest BCUT2D eigenvalue weighted by Gasteiger charge is -2.23. The summed E-state index contributed by atoms with van der Waals surface area (Å²) in [5.74, 6) is 0.792. The SMILES string of the molecule is CCN1CCCC1Cn1cnc2c(-c3ccc(OC)cc3)nsc2c1=O. The molecule has 0 saturated carbocycles. The maximum atomic E-state index is 12.9. The summed E-state index contributed by atoms with van der Waals surface area (Å²) in [4.78, 5) is 19.9. The normalized spacial score (nSPS) is 17.8. The van der Waals surface area contributed by atoms with E-state index in [0.717, 1.165) is 36.5 Å². The topological polar surface area (TPSA) is 60.3 Å². The van der Waals surface area contributed by atoms with Gasteiger partial charge in [-0.15, -0.1) is 0 Å². The van der Waals surface area contributed by atoms with Crippen molar-refractivity contribution < 1.29 is 4.74 Å². The van der Waals surface area contributed by atoms with Crippen molar-refractivity contribution in [1.29, 1.82) is 0 Å². The molecule has 1 fully saturated rings. The van der Waals surface area contributed by atoms with Crippen LogP contribution in [-0.4, -0.2) is 45.1 Å². The van der Waals surface area contributed by atoms with E-state index in [1.54, 1.807) is 18.0 Å². The van der Waals surface area contributed by atoms with Crippen molar-refractivity contribution in [1.82, 2.24) is 18.8 Å². The van der Waals surface area contributed by atoms with E-state index in [4.69, 9.17) is 4.74 Å². The van der Waals surface area contributed by atoms with Crippen LogP contribution >= 0.6 is 11.5 Å². The number of hydrogen-bond donors (Lipinski definition) is 0. The Kier molecular flexibility index (Phi) is 4.74. The van der Waals surface area contributed by atoms with Gasteiger partial charge in [0.1, 0.15) is 21.7 Å². The number of likely N-dealkylation sites (tertiary alicyclic amines) is 1. The fourth-order valence-corrected chi connectivity index (χ4v) is 4.47. The van der Waals surface area contributed by atoms with Gasteiger partial charge in [-0.25, -0.2) is 4.98 Å². The zero-order valence-electron chi connectivity index (χ0n) is 15.0. The second-order valence-electron chi connectivity index (χ2n) is 6.56. The molecular weight excluding hydrogens is 348 g/mol. The van der Waals surface area contributed by atoms with Gasteiger partial charge in [0.15, 0.2) is 0 Å². The van der Waals surface area contributed by atoms with Gasteiger partial charge in [0.05, 0.1) is 13.4 Å². The third-order valence-corrected chi connectivity index (χ3v) is 5.95. The van der Waals surface area contributed by atoms with Gasteiger partial charge in [-0.05, 0) is 61.7 Å². The van der Waals surface area contributed by atoms with Crippen LogP contribution in [0.25, 0.3) is 21.5 Å². The highest BCUT2D eigenvalue weighted by atomic mass is 32.1. The van der Waals surface area contributed by atoms with E-state index in [0.29, 0.717) is 22.8 Å². The summed E-state index contributed by atoms with van der Waals surface area (Å²) >= 11 is 1.23. The molecule has 3 aromatic rings. The number of aromatic nitrogens is 3. The van der Waals surface area contributed by atoms with Crippen molar-refractivity contribution in [2.45, 2.75) is 32.4 Å². The van der Waals surface area contributed by atoms with Crippen LogP contribution in [0.4, 0.5) is 0 Å². The van der Waals surface area contributed by atoms with E-state index in [9.17, 15) is 4.79 Å². The van der Waals surface area contributed by atoms with Crippen LogP contribution < -0.4 is 10.3 Å². The van der Waals surface area contributed by atoms with Crippen LogP contribution in [0.2, 0.25) is 0 Å². The van der Waals surface area contributed by atoms with E-state index in [1.807, 2.05) is 24.3 Å². The lowest BCUT2D eigenvalue weighted by atomic mass is 10.1. The molecule has 0 amide bonds. The molecule has 26 heavy (non-hydrogen) atoms. The fourth-order valence-electron chi connectivity index (χ4n) is 3.67. The number of nitrogens with zero attached hydrogens (tertiary/aromatic N) is 4. The molecule has 1 atom stereocenters. The molecule has 0 N–H and O–H groups in total. The standard InChI is InChI=1S/C19H22N4O2S/c1-3-22-10-4-5-14(22)11-23-12-20-17-16(21-26-18(17)19(23)24)13-6-8-15(25-2)9-7-13/h6-9,12,14H,3-5,10-11H2,1-2H3. The quantitative estimate of drug-likeness (QED) is 0.691. The molecule has 2 aromatic heterocycles. The van der Waals surface area contributed by atoms with Gasteiger partial charge < -0.3 is 4.74 Å². The first-order chi connectivity index (χ1) is 12.7. The molecule has 4 rings (SSSR count). The molecule has 0 bridgehead atoms. The number of methoxy groups -OCH3 is 1. The van der Waals surface area contributed by atoms with Crippen molar-refractivity contribution in [3.63, 3.8) is 0 Å². The Morgan fingerprint density at radius 1 is 1.31 bits per heavy atom. The van der Waals surface area contributed by atoms with Crippen molar-refractivity contribution in [2.24, 2.45) is 0 Å². The molecule has 6 nitrogen and oxygen atoms in total. The average molecular weight is 370 g/mol. The number of benzene rings is 1. The molecule has 1 aliphatic rings. The van der Waals surface area contributed by atoms with Crippen LogP contribution in [0, 0.1) is 0 Å². The van der Waals surface area contributed by atoms with Crippen molar-refractivity contribution in [3.05, 3.63) is 40.9 Å². The Labute approximate surface area is 156 Å². The fraction of sp³-hybridized carbons (Fsp3) is 0.421. The Bertz CT molecular complexity index is 964. The highest BCUT2D eigenvalue weighted by Gasteiger charge is 2.24. The summed E-state index contributed by atoms with van der Waals surface area (Å²) in [5.41, 5.74) is 2.39. The smallest absolute Gasteiger partial charge is 0.272 e. The highest BCUT2D eigenvalue weighted by molar-refractivity contribution is 7.13. The van der Waals surface area contributed by atoms with Crippen molar-refractivity contribution in [2.75, 3.05) is 20.2 Å². The summed E-state index contributed by atoms with van der Waals surface area (Å²) < 4.78 is 12.1. The zero-order valence-corrected chi connectivity index (χ0v) is 15.8. The number of likely N-dealkylation sites (N-methyl/N-ethyl adjacent to an activating group) is 1. The Balaban J connectivity index is 1.67. The summed E-state index contributed by atoms with van der Waals surface area (Å²) in [5, 5.41) is 0. The highest BCUT2D eigenvalue weighted by Crippen LogP contribution is 2.28. The summed E-state index contributed by atoms with van der Waals surface area (Å²) in [6.45, 7) is 5.02. The second-order valence-corrected chi connectivity index (χ2v) is 7.34. The van der Waals surface area contributed by atoms with Crippen LogP contribution in [0.1, 0.15) is 19.8 Å². The zero-order chi connectivity index (χ0) is 18.1. The van der Waals surface area contributed by atoms with Crippen LogP contribution in [0.3, 0.4) is 0 Å². The minimum atomic E-state index is 0.00946. The van der Waals surface area contributed by atoms with Gasteiger partial charge >= 0.3 is 0 Å². The second kappa shape index (κ2) is 7.17. The van der Waals surface area contributed by atoms with E-state index >= 15 is 0 Å². The van der Waals surface area contributed by atoms with Crippen LogP contribution in [-0.2, 0) is 6.54 Å². The molecule has 1 aliphatic heterocycles. The first kappa shape index (κ1) is 17.2. The molecule has 3 heterocycles. The van der Waals surface area contributed by atoms with Gasteiger partial charge in [0, 0.05) is 18.2 Å². The third kappa shape index (κ3) is 3.01. The maximum Gasteiger partial charge on any atom is 0.272 e. The number of fused-ring (bicyclic) bond motifs is 1. The number of hydrogen-bond acceptors (Lipinski definition) is 6. The number of rotatable bonds is 5. The molecule has 1 aromatic carbocycles. The van der Waals surface area contributed by atoms with E-state index in [-0.39, 0.29) is 5.56 Å². The Morgan fingerprint density at radius 2 is 2.12 bits per heavy atom. The lowest BCUT2D eigenvalue weighted by Crippen LogP contribution is -2.35. The van der Waals surface area contributed by atoms with Gasteiger partial charge in [-0.3, -0.25) is 14.3 Å². The first-order valence-electron chi connectivity index (χ1n) is 8.94. The van der Waals surface area contributed by atoms with Crippen molar-refractivity contribution in [3.8, 4) is 17.0 Å². The third-order valence-electron chi connectivity index (χ3n) is 5.13. The molecule has 0 radical (unpaired) electrons. The monoisotopic (exact) mass is 370 g/mol. The van der Waals surface area contributed by atoms with Gasteiger partial charge in [0.25, 0.3) is 5.56 Å². The van der Waals surface area contributed by atoms with Crippen LogP contribution in [0.15, 0.2) is 35.4 Å². The summed E-state index contributed by atoms with van der Waals surface area (Å²) in [6, 6.07) is 8.09. The summed E-state index contributed by atoms with van der Waals surface area (Å²) in [7, 11) is 1.64. The molecular formula is C19H22N4O2S. The lowest BCUT2D eigenvalue weighted by molar-refractivity contribution is 0.242. The Morgan fingerprint density at radius 3 is 2.85 bits per heavy atom. The van der Waals surface area contributed by atoms with E-state index in [1.165, 1.54) is 18.0 Å². The van der Waals surface area contributed by atoms with E-state index in [2.05, 4.69) is 21.2 Å². The molecule has 1 unspecified atom stereocenters. The predicted octanol–water partition coefficient (Wildman–Crippen LogP) is 3.01. The molecule has 0 spiro atoms. The molecule has 1 saturated heterocycles. The van der Waals surface area contributed by atoms with Gasteiger partial charge in [0.2, 0.25) is 0 Å². The van der Waals surface area contributed by atoms with Crippen molar-refractivity contribution >= 4 is 21.7 Å². The number of ether oxygens (including phenoxy) is 1. The van der Waals surface area contributed by atoms with Gasteiger partial charge in [-0.1, -0.05) is 6.92 Å². The average Bonchev–Trinajstić information content (AvgIpc) is 3.31. The largest absolute Gasteiger partial charge is 0.497 e.